The molecule has 0 spiro atoms. The minimum atomic E-state index is -0.0696. The number of hydrogen-bond donors (Lipinski definition) is 1. The van der Waals surface area contributed by atoms with E-state index in [9.17, 15) is 4.79 Å². The molecule has 1 aromatic heterocycles. The third kappa shape index (κ3) is 2.89. The van der Waals surface area contributed by atoms with Crippen LogP contribution < -0.4 is 10.1 Å². The van der Waals surface area contributed by atoms with Crippen LogP contribution >= 0.6 is 32.3 Å². The average Bonchev–Trinajstić information content (AvgIpc) is 2.59. The van der Waals surface area contributed by atoms with E-state index in [1.54, 1.807) is 0 Å². The zero-order valence-electron chi connectivity index (χ0n) is 9.54. The smallest absolute Gasteiger partial charge is 0.263 e. The fourth-order valence-electron chi connectivity index (χ4n) is 1.57. The summed E-state index contributed by atoms with van der Waals surface area (Å²) in [6, 6.07) is 6.33. The van der Waals surface area contributed by atoms with Gasteiger partial charge in [0.2, 0.25) is 0 Å². The molecule has 0 amide bonds. The summed E-state index contributed by atoms with van der Waals surface area (Å²) >= 11 is 5.89. The van der Waals surface area contributed by atoms with Crippen LogP contribution in [0.5, 0.6) is 0 Å². The molecule has 1 aromatic carbocycles. The Hall–Kier alpha value is -0.840. The summed E-state index contributed by atoms with van der Waals surface area (Å²) in [6.07, 6.45) is 0. The number of nitrogens with one attached hydrogen (secondary N) is 1. The van der Waals surface area contributed by atoms with Gasteiger partial charge in [-0.1, -0.05) is 45.7 Å². The minimum absolute atomic E-state index is 0.0696. The van der Waals surface area contributed by atoms with Crippen molar-refractivity contribution in [2.75, 3.05) is 5.32 Å². The molecule has 17 heavy (non-hydrogen) atoms. The van der Waals surface area contributed by atoms with Crippen LogP contribution in [0.3, 0.4) is 0 Å². The molecule has 90 valence electrons. The van der Waals surface area contributed by atoms with E-state index >= 15 is 0 Å². The molecule has 0 saturated heterocycles. The van der Waals surface area contributed by atoms with Crippen LogP contribution in [0.2, 0.25) is 5.02 Å². The second-order valence-corrected chi connectivity index (χ2v) is 6.37. The van der Waals surface area contributed by atoms with Crippen LogP contribution in [0.25, 0.3) is 0 Å². The van der Waals surface area contributed by atoms with Gasteiger partial charge in [-0.3, -0.25) is 4.79 Å². The highest BCUT2D eigenvalue weighted by Gasteiger charge is 2.08. The fraction of sp³-hybridized carbons (Fsp3) is 0.250. The Morgan fingerprint density at radius 2 is 2.06 bits per heavy atom. The van der Waals surface area contributed by atoms with Crippen LogP contribution in [0, 0.1) is 13.8 Å². The molecule has 0 unspecified atom stereocenters. The normalized spacial score (nSPS) is 10.5. The summed E-state index contributed by atoms with van der Waals surface area (Å²) in [6.45, 7) is 4.85. The second-order valence-electron chi connectivity index (χ2n) is 3.88. The lowest BCUT2D eigenvalue weighted by atomic mass is 10.1. The largest absolute Gasteiger partial charge is 0.371 e. The van der Waals surface area contributed by atoms with E-state index in [0.717, 1.165) is 15.3 Å². The number of benzene rings is 1. The van der Waals surface area contributed by atoms with Gasteiger partial charge in [-0.25, -0.2) is 0 Å². The van der Waals surface area contributed by atoms with Gasteiger partial charge in [0.05, 0.1) is 0 Å². The third-order valence-electron chi connectivity index (χ3n) is 2.52. The Morgan fingerprint density at radius 1 is 1.29 bits per heavy atom. The minimum Gasteiger partial charge on any atom is -0.371 e. The van der Waals surface area contributed by atoms with E-state index in [-0.39, 0.29) is 4.74 Å². The van der Waals surface area contributed by atoms with Gasteiger partial charge in [0.25, 0.3) is 4.74 Å². The zero-order chi connectivity index (χ0) is 12.4. The van der Waals surface area contributed by atoms with Crippen LogP contribution in [0.15, 0.2) is 23.0 Å². The summed E-state index contributed by atoms with van der Waals surface area (Å²) in [4.78, 5) is 11.2. The molecule has 0 aliphatic rings. The van der Waals surface area contributed by atoms with Crippen molar-refractivity contribution in [3.05, 3.63) is 49.4 Å². The summed E-state index contributed by atoms with van der Waals surface area (Å²) in [5, 5.41) is 4.28. The Bertz CT molecular complexity index is 588. The predicted molar refractivity (Wildman–Crippen MR) is 76.7 cm³/mol. The van der Waals surface area contributed by atoms with Crippen molar-refractivity contribution in [1.29, 1.82) is 0 Å². The average molecular weight is 286 g/mol. The number of halogens is 1. The summed E-state index contributed by atoms with van der Waals surface area (Å²) < 4.78 is -0.0696. The van der Waals surface area contributed by atoms with Gasteiger partial charge in [0.1, 0.15) is 10.0 Å². The van der Waals surface area contributed by atoms with Crippen molar-refractivity contribution >= 4 is 37.3 Å². The van der Waals surface area contributed by atoms with E-state index in [1.165, 1.54) is 27.0 Å². The van der Waals surface area contributed by atoms with Crippen LogP contribution in [-0.4, -0.2) is 0 Å². The standard InChI is InChI=1S/C12H12ClNOS2/c1-7-3-4-9(8(2)5-7)6-14-11-10(13)12(15)17-16-11/h3-5,14H,6H2,1-2H3. The van der Waals surface area contributed by atoms with Crippen molar-refractivity contribution in [2.45, 2.75) is 20.4 Å². The van der Waals surface area contributed by atoms with Crippen molar-refractivity contribution in [1.82, 2.24) is 0 Å². The molecule has 0 radical (unpaired) electrons. The topological polar surface area (TPSA) is 29.1 Å². The molecular formula is C12H12ClNOS2. The maximum atomic E-state index is 11.2. The van der Waals surface area contributed by atoms with Crippen LogP contribution in [0.4, 0.5) is 5.00 Å². The molecule has 0 fully saturated rings. The zero-order valence-corrected chi connectivity index (χ0v) is 11.9. The van der Waals surface area contributed by atoms with Gasteiger partial charge in [-0.2, -0.15) is 0 Å². The highest BCUT2D eigenvalue weighted by Crippen LogP contribution is 2.27. The maximum Gasteiger partial charge on any atom is 0.263 e. The molecule has 2 rings (SSSR count). The molecule has 5 heteroatoms. The van der Waals surface area contributed by atoms with Crippen molar-refractivity contribution < 1.29 is 0 Å². The van der Waals surface area contributed by atoms with E-state index in [4.69, 9.17) is 11.6 Å². The fourth-order valence-corrected chi connectivity index (χ4v) is 3.99. The lowest BCUT2D eigenvalue weighted by molar-refractivity contribution is 1.12. The molecule has 1 N–H and O–H groups in total. The van der Waals surface area contributed by atoms with Gasteiger partial charge in [-0.05, 0) is 35.3 Å². The maximum absolute atomic E-state index is 11.2. The first-order valence-corrected chi connectivity index (χ1v) is 7.69. The molecular weight excluding hydrogens is 274 g/mol. The summed E-state index contributed by atoms with van der Waals surface area (Å²) in [5.41, 5.74) is 3.72. The van der Waals surface area contributed by atoms with Crippen molar-refractivity contribution in [3.63, 3.8) is 0 Å². The first kappa shape index (κ1) is 12.6. The molecule has 2 aromatic rings. The van der Waals surface area contributed by atoms with Crippen molar-refractivity contribution in [3.8, 4) is 0 Å². The summed E-state index contributed by atoms with van der Waals surface area (Å²) in [7, 11) is 2.56. The molecule has 0 bridgehead atoms. The van der Waals surface area contributed by atoms with Gasteiger partial charge in [0, 0.05) is 6.54 Å². The van der Waals surface area contributed by atoms with E-state index in [2.05, 4.69) is 37.4 Å². The predicted octanol–water partition coefficient (Wildman–Crippen LogP) is 4.05. The van der Waals surface area contributed by atoms with E-state index in [1.807, 2.05) is 0 Å². The SMILES string of the molecule is Cc1ccc(CNc2ssc(=O)c2Cl)c(C)c1. The third-order valence-corrected chi connectivity index (χ3v) is 5.26. The Balaban J connectivity index is 2.12. The van der Waals surface area contributed by atoms with E-state index in [0.29, 0.717) is 11.6 Å². The molecule has 0 atom stereocenters. The van der Waals surface area contributed by atoms with Gasteiger partial charge in [-0.15, -0.1) is 0 Å². The molecule has 0 aliphatic heterocycles. The first-order chi connectivity index (χ1) is 8.08. The molecule has 1 heterocycles. The Kier molecular flexibility index (Phi) is 3.86. The van der Waals surface area contributed by atoms with Gasteiger partial charge in [0.15, 0.2) is 0 Å². The van der Waals surface area contributed by atoms with Gasteiger partial charge < -0.3 is 5.32 Å². The Labute approximate surface area is 112 Å². The first-order valence-electron chi connectivity index (χ1n) is 5.16. The monoisotopic (exact) mass is 285 g/mol. The lowest BCUT2D eigenvalue weighted by Gasteiger charge is -2.08. The number of anilines is 1. The van der Waals surface area contributed by atoms with E-state index < -0.39 is 0 Å². The van der Waals surface area contributed by atoms with Crippen LogP contribution in [-0.2, 0) is 6.54 Å². The second kappa shape index (κ2) is 5.21. The van der Waals surface area contributed by atoms with Gasteiger partial charge >= 0.3 is 0 Å². The van der Waals surface area contributed by atoms with Crippen molar-refractivity contribution in [2.24, 2.45) is 0 Å². The molecule has 2 nitrogen and oxygen atoms in total. The number of hydrogen-bond acceptors (Lipinski definition) is 4. The van der Waals surface area contributed by atoms with Crippen LogP contribution in [0.1, 0.15) is 16.7 Å². The lowest BCUT2D eigenvalue weighted by Crippen LogP contribution is -2.01. The highest BCUT2D eigenvalue weighted by atomic mass is 35.5. The molecule has 0 aliphatic carbocycles. The quantitative estimate of drug-likeness (QED) is 0.862. The Morgan fingerprint density at radius 3 is 2.65 bits per heavy atom. The molecule has 0 saturated carbocycles. The number of rotatable bonds is 3. The highest BCUT2D eigenvalue weighted by molar-refractivity contribution is 7.70. The number of aryl methyl sites for hydroxylation is 2. The summed E-state index contributed by atoms with van der Waals surface area (Å²) in [5.74, 6) is 0.